The van der Waals surface area contributed by atoms with Crippen LogP contribution < -0.4 is 0 Å². The van der Waals surface area contributed by atoms with Crippen molar-refractivity contribution in [3.63, 3.8) is 0 Å². The monoisotopic (exact) mass is 306 g/mol. The minimum atomic E-state index is -0.295. The molecule has 1 fully saturated rings. The van der Waals surface area contributed by atoms with Gasteiger partial charge in [-0.05, 0) is 0 Å². The highest BCUT2D eigenvalue weighted by molar-refractivity contribution is 7.81. The Labute approximate surface area is 129 Å². The van der Waals surface area contributed by atoms with Crippen LogP contribution in [-0.4, -0.2) is 66.4 Å². The van der Waals surface area contributed by atoms with E-state index in [0.717, 1.165) is 0 Å². The molecule has 1 aliphatic rings. The molecule has 1 aromatic rings. The average molecular weight is 306 g/mol. The van der Waals surface area contributed by atoms with Gasteiger partial charge >= 0.3 is 0 Å². The number of carbonyl (C=O) groups excluding carboxylic acids is 2. The lowest BCUT2D eigenvalue weighted by atomic mass is 10.1. The molecule has 1 saturated heterocycles. The molecule has 0 saturated carbocycles. The number of ketones is 1. The van der Waals surface area contributed by atoms with Crippen LogP contribution in [0.5, 0.6) is 0 Å². The van der Waals surface area contributed by atoms with Crippen molar-refractivity contribution < 1.29 is 14.3 Å². The SMILES string of the molecule is CN(CC(=O)c1ccccc1)C(=O)C(=S)N1CCOCC1. The van der Waals surface area contributed by atoms with Crippen LogP contribution in [0, 0.1) is 0 Å². The molecule has 0 aromatic heterocycles. The number of benzene rings is 1. The summed E-state index contributed by atoms with van der Waals surface area (Å²) in [5.41, 5.74) is 0.592. The van der Waals surface area contributed by atoms with Crippen LogP contribution in [0.25, 0.3) is 0 Å². The summed E-state index contributed by atoms with van der Waals surface area (Å²) in [6, 6.07) is 8.92. The molecule has 0 radical (unpaired) electrons. The number of amides is 1. The van der Waals surface area contributed by atoms with Crippen LogP contribution in [0.3, 0.4) is 0 Å². The molecule has 5 nitrogen and oxygen atoms in total. The quantitative estimate of drug-likeness (QED) is 0.616. The highest BCUT2D eigenvalue weighted by Gasteiger charge is 2.24. The first kappa shape index (κ1) is 15.6. The molecular formula is C15H18N2O3S. The van der Waals surface area contributed by atoms with Gasteiger partial charge in [0.2, 0.25) is 0 Å². The van der Waals surface area contributed by atoms with E-state index in [9.17, 15) is 9.59 Å². The second-order valence-corrected chi connectivity index (χ2v) is 5.24. The normalized spacial score (nSPS) is 14.6. The molecule has 0 bridgehead atoms. The van der Waals surface area contributed by atoms with Crippen molar-refractivity contribution >= 4 is 28.9 Å². The number of rotatable bonds is 3. The van der Waals surface area contributed by atoms with E-state index in [4.69, 9.17) is 17.0 Å². The van der Waals surface area contributed by atoms with Gasteiger partial charge < -0.3 is 14.5 Å². The van der Waals surface area contributed by atoms with Crippen molar-refractivity contribution in [1.82, 2.24) is 9.80 Å². The van der Waals surface area contributed by atoms with Gasteiger partial charge in [-0.3, -0.25) is 9.59 Å². The number of Topliss-reactive ketones (excluding diaryl/α,β-unsaturated/α-hetero) is 1. The fourth-order valence-electron chi connectivity index (χ4n) is 2.07. The molecule has 0 atom stereocenters. The van der Waals surface area contributed by atoms with Gasteiger partial charge in [0, 0.05) is 25.7 Å². The van der Waals surface area contributed by atoms with Crippen LogP contribution >= 0.6 is 12.2 Å². The highest BCUT2D eigenvalue weighted by Crippen LogP contribution is 2.05. The molecule has 112 valence electrons. The second-order valence-electron chi connectivity index (χ2n) is 4.85. The molecule has 1 heterocycles. The number of hydrogen-bond acceptors (Lipinski definition) is 4. The lowest BCUT2D eigenvalue weighted by Crippen LogP contribution is -2.48. The molecule has 2 rings (SSSR count). The fourth-order valence-corrected chi connectivity index (χ4v) is 2.41. The van der Waals surface area contributed by atoms with E-state index in [1.54, 1.807) is 31.3 Å². The Hall–Kier alpha value is -1.79. The lowest BCUT2D eigenvalue weighted by molar-refractivity contribution is -0.123. The minimum absolute atomic E-state index is 0.0212. The first-order valence-corrected chi connectivity index (χ1v) is 7.21. The molecule has 1 aromatic carbocycles. The lowest BCUT2D eigenvalue weighted by Gasteiger charge is -2.30. The molecule has 1 aliphatic heterocycles. The Bertz CT molecular complexity index is 527. The predicted molar refractivity (Wildman–Crippen MR) is 83.4 cm³/mol. The summed E-state index contributed by atoms with van der Waals surface area (Å²) in [7, 11) is 1.59. The third-order valence-corrected chi connectivity index (χ3v) is 3.74. The Morgan fingerprint density at radius 3 is 2.48 bits per heavy atom. The number of thiocarbonyl (C=S) groups is 1. The molecule has 1 amide bonds. The number of likely N-dealkylation sites (N-methyl/N-ethyl adjacent to an activating group) is 1. The van der Waals surface area contributed by atoms with E-state index in [1.165, 1.54) is 4.90 Å². The fraction of sp³-hybridized carbons (Fsp3) is 0.400. The topological polar surface area (TPSA) is 49.9 Å². The van der Waals surface area contributed by atoms with Gasteiger partial charge in [0.05, 0.1) is 19.8 Å². The van der Waals surface area contributed by atoms with Crippen molar-refractivity contribution in [3.05, 3.63) is 35.9 Å². The Balaban J connectivity index is 1.93. The van der Waals surface area contributed by atoms with Crippen molar-refractivity contribution in [2.45, 2.75) is 0 Å². The first-order chi connectivity index (χ1) is 10.1. The molecule has 0 spiro atoms. The van der Waals surface area contributed by atoms with E-state index in [2.05, 4.69) is 0 Å². The van der Waals surface area contributed by atoms with E-state index in [-0.39, 0.29) is 23.2 Å². The van der Waals surface area contributed by atoms with Crippen molar-refractivity contribution in [2.75, 3.05) is 39.9 Å². The molecular weight excluding hydrogens is 288 g/mol. The summed E-state index contributed by atoms with van der Waals surface area (Å²) in [5.74, 6) is -0.396. The first-order valence-electron chi connectivity index (χ1n) is 6.80. The maximum Gasteiger partial charge on any atom is 0.281 e. The highest BCUT2D eigenvalue weighted by atomic mass is 32.1. The largest absolute Gasteiger partial charge is 0.378 e. The Morgan fingerprint density at radius 1 is 1.24 bits per heavy atom. The van der Waals surface area contributed by atoms with Crippen molar-refractivity contribution in [1.29, 1.82) is 0 Å². The maximum absolute atomic E-state index is 12.3. The van der Waals surface area contributed by atoms with E-state index in [1.807, 2.05) is 11.0 Å². The van der Waals surface area contributed by atoms with E-state index < -0.39 is 0 Å². The third kappa shape index (κ3) is 4.09. The average Bonchev–Trinajstić information content (AvgIpc) is 2.55. The molecule has 0 unspecified atom stereocenters. The van der Waals surface area contributed by atoms with Gasteiger partial charge in [-0.1, -0.05) is 42.5 Å². The minimum Gasteiger partial charge on any atom is -0.378 e. The number of hydrogen-bond donors (Lipinski definition) is 0. The molecule has 0 N–H and O–H groups in total. The number of nitrogens with zero attached hydrogens (tertiary/aromatic N) is 2. The van der Waals surface area contributed by atoms with Gasteiger partial charge in [0.15, 0.2) is 10.8 Å². The summed E-state index contributed by atoms with van der Waals surface area (Å²) >= 11 is 5.21. The number of morpholine rings is 1. The zero-order valence-corrected chi connectivity index (χ0v) is 12.8. The van der Waals surface area contributed by atoms with Gasteiger partial charge in [0.25, 0.3) is 5.91 Å². The van der Waals surface area contributed by atoms with E-state index >= 15 is 0 Å². The standard InChI is InChI=1S/C15H18N2O3S/c1-16(11-13(18)12-5-3-2-4-6-12)14(19)15(21)17-7-9-20-10-8-17/h2-6H,7-11H2,1H3. The third-order valence-electron chi connectivity index (χ3n) is 3.30. The summed E-state index contributed by atoms with van der Waals surface area (Å²) in [4.78, 5) is 27.8. The van der Waals surface area contributed by atoms with Gasteiger partial charge in [-0.15, -0.1) is 0 Å². The van der Waals surface area contributed by atoms with Crippen molar-refractivity contribution in [3.8, 4) is 0 Å². The van der Waals surface area contributed by atoms with Crippen LogP contribution in [0.15, 0.2) is 30.3 Å². The summed E-state index contributed by atoms with van der Waals surface area (Å²) in [6.07, 6.45) is 0. The summed E-state index contributed by atoms with van der Waals surface area (Å²) in [6.45, 7) is 2.39. The molecule has 0 aliphatic carbocycles. The molecule has 6 heteroatoms. The van der Waals surface area contributed by atoms with E-state index in [0.29, 0.717) is 31.9 Å². The predicted octanol–water partition coefficient (Wildman–Crippen LogP) is 0.987. The van der Waals surface area contributed by atoms with Gasteiger partial charge in [-0.2, -0.15) is 0 Å². The molecule has 21 heavy (non-hydrogen) atoms. The van der Waals surface area contributed by atoms with Crippen LogP contribution in [-0.2, 0) is 9.53 Å². The van der Waals surface area contributed by atoms with Gasteiger partial charge in [-0.25, -0.2) is 0 Å². The van der Waals surface area contributed by atoms with Gasteiger partial charge in [0.1, 0.15) is 0 Å². The smallest absolute Gasteiger partial charge is 0.281 e. The number of ether oxygens (including phenoxy) is 1. The van der Waals surface area contributed by atoms with Crippen molar-refractivity contribution in [2.24, 2.45) is 0 Å². The number of carbonyl (C=O) groups is 2. The Kier molecular flexibility index (Phi) is 5.41. The Morgan fingerprint density at radius 2 is 1.86 bits per heavy atom. The zero-order chi connectivity index (χ0) is 15.2. The maximum atomic E-state index is 12.3. The van der Waals surface area contributed by atoms with Crippen LogP contribution in [0.2, 0.25) is 0 Å². The summed E-state index contributed by atoms with van der Waals surface area (Å²) in [5, 5.41) is 0. The zero-order valence-electron chi connectivity index (χ0n) is 11.9. The second kappa shape index (κ2) is 7.28. The van der Waals surface area contributed by atoms with Crippen LogP contribution in [0.4, 0.5) is 0 Å². The van der Waals surface area contributed by atoms with Crippen LogP contribution in [0.1, 0.15) is 10.4 Å². The summed E-state index contributed by atoms with van der Waals surface area (Å²) < 4.78 is 5.23.